The Morgan fingerprint density at radius 2 is 1.97 bits per heavy atom. The van der Waals surface area contributed by atoms with Crippen molar-refractivity contribution in [2.75, 3.05) is 19.0 Å². The van der Waals surface area contributed by atoms with Gasteiger partial charge in [0.25, 0.3) is 11.8 Å². The maximum Gasteiger partial charge on any atom is 0.273 e. The van der Waals surface area contributed by atoms with Crippen molar-refractivity contribution in [1.29, 1.82) is 0 Å². The van der Waals surface area contributed by atoms with Gasteiger partial charge in [-0.1, -0.05) is 12.1 Å². The van der Waals surface area contributed by atoms with Crippen LogP contribution < -0.4 is 20.2 Å². The van der Waals surface area contributed by atoms with Gasteiger partial charge in [-0.05, 0) is 36.8 Å². The smallest absolute Gasteiger partial charge is 0.273 e. The molecule has 2 atom stereocenters. The Balaban J connectivity index is 1.83. The van der Waals surface area contributed by atoms with E-state index in [-0.39, 0.29) is 17.2 Å². The number of benzene rings is 2. The molecule has 1 fully saturated rings. The molecule has 2 aromatic rings. The van der Waals surface area contributed by atoms with Crippen molar-refractivity contribution in [3.05, 3.63) is 53.6 Å². The first-order chi connectivity index (χ1) is 14.3. The highest BCUT2D eigenvalue weighted by molar-refractivity contribution is 6.33. The van der Waals surface area contributed by atoms with Crippen LogP contribution in [0.25, 0.3) is 0 Å². The first-order valence-corrected chi connectivity index (χ1v) is 9.75. The fourth-order valence-electron chi connectivity index (χ4n) is 3.16. The van der Waals surface area contributed by atoms with Gasteiger partial charge in [-0.3, -0.25) is 19.8 Å². The molecule has 1 aliphatic heterocycles. The molecular formula is C21H22ClN3O5. The molecule has 0 radical (unpaired) electrons. The van der Waals surface area contributed by atoms with Crippen molar-refractivity contribution < 1.29 is 23.9 Å². The van der Waals surface area contributed by atoms with Crippen molar-refractivity contribution in [1.82, 2.24) is 10.4 Å². The second-order valence-corrected chi connectivity index (χ2v) is 7.07. The second-order valence-electron chi connectivity index (χ2n) is 6.60. The number of halogens is 1. The third-order valence-corrected chi connectivity index (χ3v) is 4.96. The average Bonchev–Trinajstić information content (AvgIpc) is 2.73. The van der Waals surface area contributed by atoms with Gasteiger partial charge in [0.15, 0.2) is 0 Å². The van der Waals surface area contributed by atoms with Crippen molar-refractivity contribution in [3.63, 3.8) is 0 Å². The molecular weight excluding hydrogens is 410 g/mol. The zero-order valence-corrected chi connectivity index (χ0v) is 17.5. The summed E-state index contributed by atoms with van der Waals surface area (Å²) in [6.07, 6.45) is 0. The number of hydrazine groups is 1. The Labute approximate surface area is 179 Å². The highest BCUT2D eigenvalue weighted by atomic mass is 35.5. The number of hydrogen-bond donors (Lipinski definition) is 2. The zero-order chi connectivity index (χ0) is 21.8. The lowest BCUT2D eigenvalue weighted by Crippen LogP contribution is -2.63. The van der Waals surface area contributed by atoms with E-state index in [2.05, 4.69) is 10.7 Å². The molecule has 3 rings (SSSR count). The van der Waals surface area contributed by atoms with E-state index in [1.807, 2.05) is 6.07 Å². The summed E-state index contributed by atoms with van der Waals surface area (Å²) >= 11 is 6.22. The topological polar surface area (TPSA) is 97.0 Å². The molecule has 0 saturated carbocycles. The molecule has 0 aromatic heterocycles. The average molecular weight is 432 g/mol. The Bertz CT molecular complexity index is 981. The summed E-state index contributed by atoms with van der Waals surface area (Å²) in [4.78, 5) is 36.5. The molecule has 0 spiro atoms. The van der Waals surface area contributed by atoms with E-state index in [1.165, 1.54) is 18.0 Å². The van der Waals surface area contributed by atoms with Crippen LogP contribution in [0.15, 0.2) is 42.5 Å². The number of methoxy groups -OCH3 is 1. The lowest BCUT2D eigenvalue weighted by Gasteiger charge is -2.44. The largest absolute Gasteiger partial charge is 0.497 e. The molecule has 9 heteroatoms. The number of ether oxygens (including phenoxy) is 2. The van der Waals surface area contributed by atoms with Gasteiger partial charge in [0, 0.05) is 18.7 Å². The minimum absolute atomic E-state index is 0.223. The summed E-state index contributed by atoms with van der Waals surface area (Å²) < 4.78 is 10.8. The Kier molecular flexibility index (Phi) is 6.47. The van der Waals surface area contributed by atoms with Crippen LogP contribution in [-0.4, -0.2) is 41.8 Å². The number of anilines is 1. The Hall–Kier alpha value is -3.26. The van der Waals surface area contributed by atoms with Gasteiger partial charge in [0.2, 0.25) is 5.91 Å². The van der Waals surface area contributed by atoms with Gasteiger partial charge in [0.1, 0.15) is 22.9 Å². The number of rotatable bonds is 7. The highest BCUT2D eigenvalue weighted by Gasteiger charge is 2.48. The molecule has 0 aliphatic carbocycles. The summed E-state index contributed by atoms with van der Waals surface area (Å²) in [5.74, 6) is -0.276. The molecule has 158 valence electrons. The van der Waals surface area contributed by atoms with Crippen molar-refractivity contribution in [3.8, 4) is 11.5 Å². The fourth-order valence-corrected chi connectivity index (χ4v) is 3.52. The van der Waals surface area contributed by atoms with Crippen LogP contribution in [0.1, 0.15) is 35.8 Å². The second kappa shape index (κ2) is 9.04. The number of carbonyl (C=O) groups is 3. The number of nitrogens with one attached hydrogen (secondary N) is 2. The van der Waals surface area contributed by atoms with Crippen LogP contribution in [0.5, 0.6) is 11.5 Å². The molecule has 2 aromatic carbocycles. The van der Waals surface area contributed by atoms with E-state index in [4.69, 9.17) is 21.1 Å². The summed E-state index contributed by atoms with van der Waals surface area (Å²) in [5.41, 5.74) is 4.07. The molecule has 0 bridgehead atoms. The van der Waals surface area contributed by atoms with Crippen molar-refractivity contribution in [2.24, 2.45) is 0 Å². The molecule has 1 saturated heterocycles. The molecule has 8 nitrogen and oxygen atoms in total. The van der Waals surface area contributed by atoms with Crippen LogP contribution in [-0.2, 0) is 9.59 Å². The van der Waals surface area contributed by atoms with E-state index in [1.54, 1.807) is 44.4 Å². The van der Waals surface area contributed by atoms with Gasteiger partial charge >= 0.3 is 0 Å². The highest BCUT2D eigenvalue weighted by Crippen LogP contribution is 2.38. The van der Waals surface area contributed by atoms with Crippen LogP contribution in [0.3, 0.4) is 0 Å². The lowest BCUT2D eigenvalue weighted by atomic mass is 9.95. The number of carbonyl (C=O) groups excluding carboxylic acids is 3. The predicted molar refractivity (Wildman–Crippen MR) is 112 cm³/mol. The van der Waals surface area contributed by atoms with E-state index in [9.17, 15) is 14.4 Å². The first-order valence-electron chi connectivity index (χ1n) is 9.32. The third kappa shape index (κ3) is 4.33. The van der Waals surface area contributed by atoms with Gasteiger partial charge in [-0.15, -0.1) is 11.6 Å². The van der Waals surface area contributed by atoms with Crippen molar-refractivity contribution >= 4 is 35.0 Å². The van der Waals surface area contributed by atoms with Crippen LogP contribution >= 0.6 is 11.6 Å². The lowest BCUT2D eigenvalue weighted by molar-refractivity contribution is -0.149. The number of β-lactam (4-membered cyclic amide) rings is 1. The normalized spacial score (nSPS) is 17.7. The molecule has 1 heterocycles. The zero-order valence-electron chi connectivity index (χ0n) is 16.8. The predicted octanol–water partition coefficient (Wildman–Crippen LogP) is 2.89. The Morgan fingerprint density at radius 1 is 1.20 bits per heavy atom. The summed E-state index contributed by atoms with van der Waals surface area (Å²) in [6.45, 7) is 3.49. The van der Waals surface area contributed by atoms with Gasteiger partial charge < -0.3 is 14.8 Å². The Morgan fingerprint density at radius 3 is 2.63 bits per heavy atom. The fraction of sp³-hybridized carbons (Fsp3) is 0.286. The molecule has 3 amide bonds. The van der Waals surface area contributed by atoms with E-state index >= 15 is 0 Å². The summed E-state index contributed by atoms with van der Waals surface area (Å²) in [6, 6.07) is 11.3. The first kappa shape index (κ1) is 21.4. The SMILES string of the molecule is CCOc1cc(NC(C)=O)ccc1C(=O)NN1C(=O)C(Cl)C1c1cccc(OC)c1. The van der Waals surface area contributed by atoms with Crippen molar-refractivity contribution in [2.45, 2.75) is 25.3 Å². The maximum absolute atomic E-state index is 12.9. The van der Waals surface area contributed by atoms with E-state index in [0.29, 0.717) is 18.0 Å². The monoisotopic (exact) mass is 431 g/mol. The standard InChI is InChI=1S/C21H22ClN3O5/c1-4-30-17-11-14(23-12(2)26)8-9-16(17)20(27)24-25-19(18(22)21(25)28)13-6-5-7-15(10-13)29-3/h5-11,18-19H,4H2,1-3H3,(H,23,26)(H,24,27). The minimum Gasteiger partial charge on any atom is -0.497 e. The third-order valence-electron chi connectivity index (χ3n) is 4.53. The number of alkyl halides is 1. The summed E-state index contributed by atoms with van der Waals surface area (Å²) in [5, 5.41) is 3.04. The number of nitrogens with zero attached hydrogens (tertiary/aromatic N) is 1. The van der Waals surface area contributed by atoms with Crippen LogP contribution in [0, 0.1) is 0 Å². The maximum atomic E-state index is 12.9. The quantitative estimate of drug-likeness (QED) is 0.519. The molecule has 2 unspecified atom stereocenters. The molecule has 1 aliphatic rings. The minimum atomic E-state index is -0.800. The molecule has 30 heavy (non-hydrogen) atoms. The van der Waals surface area contributed by atoms with E-state index in [0.717, 1.165) is 5.56 Å². The van der Waals surface area contributed by atoms with Gasteiger partial charge in [-0.2, -0.15) is 0 Å². The van der Waals surface area contributed by atoms with Crippen LogP contribution in [0.2, 0.25) is 0 Å². The number of amides is 3. The van der Waals surface area contributed by atoms with Crippen LogP contribution in [0.4, 0.5) is 5.69 Å². The van der Waals surface area contributed by atoms with Gasteiger partial charge in [0.05, 0.1) is 19.3 Å². The molecule has 2 N–H and O–H groups in total. The number of hydrogen-bond acceptors (Lipinski definition) is 5. The summed E-state index contributed by atoms with van der Waals surface area (Å²) in [7, 11) is 1.54. The van der Waals surface area contributed by atoms with E-state index < -0.39 is 23.2 Å². The van der Waals surface area contributed by atoms with Gasteiger partial charge in [-0.25, -0.2) is 5.01 Å².